The second-order valence-corrected chi connectivity index (χ2v) is 6.82. The molecule has 0 aromatic carbocycles. The Balaban J connectivity index is 1.52. The van der Waals surface area contributed by atoms with Crippen molar-refractivity contribution in [2.24, 2.45) is 5.92 Å². The number of amides is 1. The van der Waals surface area contributed by atoms with Gasteiger partial charge in [-0.3, -0.25) is 4.79 Å². The Bertz CT molecular complexity index is 705. The van der Waals surface area contributed by atoms with Gasteiger partial charge in [0.05, 0.1) is 12.1 Å². The molecular formula is C18H23N3O. The van der Waals surface area contributed by atoms with Crippen molar-refractivity contribution in [2.75, 3.05) is 6.54 Å². The van der Waals surface area contributed by atoms with Gasteiger partial charge in [-0.15, -0.1) is 0 Å². The lowest BCUT2D eigenvalue weighted by atomic mass is 9.85. The Labute approximate surface area is 131 Å². The third kappa shape index (κ3) is 2.31. The van der Waals surface area contributed by atoms with Crippen molar-refractivity contribution in [3.63, 3.8) is 0 Å². The second-order valence-electron chi connectivity index (χ2n) is 6.82. The van der Waals surface area contributed by atoms with Crippen LogP contribution in [-0.4, -0.2) is 32.8 Å². The first-order chi connectivity index (χ1) is 10.7. The van der Waals surface area contributed by atoms with E-state index in [1.54, 1.807) is 0 Å². The first kappa shape index (κ1) is 13.8. The molecule has 22 heavy (non-hydrogen) atoms. The molecule has 4 rings (SSSR count). The maximum absolute atomic E-state index is 12.7. The Morgan fingerprint density at radius 1 is 1.32 bits per heavy atom. The Morgan fingerprint density at radius 3 is 3.05 bits per heavy atom. The third-order valence-corrected chi connectivity index (χ3v) is 5.39. The average molecular weight is 297 g/mol. The maximum atomic E-state index is 12.7. The molecule has 1 aliphatic heterocycles. The van der Waals surface area contributed by atoms with Crippen LogP contribution in [0.1, 0.15) is 43.4 Å². The molecule has 1 saturated heterocycles. The van der Waals surface area contributed by atoms with Crippen molar-refractivity contribution in [1.29, 1.82) is 0 Å². The number of aryl methyl sites for hydroxylation is 1. The lowest BCUT2D eigenvalue weighted by Gasteiger charge is -2.31. The molecule has 0 N–H and O–H groups in total. The van der Waals surface area contributed by atoms with Crippen LogP contribution in [-0.2, 0) is 11.2 Å². The van der Waals surface area contributed by atoms with E-state index in [-0.39, 0.29) is 5.91 Å². The fourth-order valence-corrected chi connectivity index (χ4v) is 4.26. The summed E-state index contributed by atoms with van der Waals surface area (Å²) in [6, 6.07) is 4.57. The van der Waals surface area contributed by atoms with E-state index in [0.717, 1.165) is 29.4 Å². The molecule has 1 amide bonds. The maximum Gasteiger partial charge on any atom is 0.228 e. The normalized spacial score (nSPS) is 24.7. The minimum absolute atomic E-state index is 0.260. The van der Waals surface area contributed by atoms with Crippen molar-refractivity contribution in [3.05, 3.63) is 35.8 Å². The molecular weight excluding hydrogens is 274 g/mol. The van der Waals surface area contributed by atoms with Gasteiger partial charge in [0, 0.05) is 25.0 Å². The summed E-state index contributed by atoms with van der Waals surface area (Å²) in [6.45, 7) is 3.00. The highest BCUT2D eigenvalue weighted by Crippen LogP contribution is 2.36. The summed E-state index contributed by atoms with van der Waals surface area (Å²) in [4.78, 5) is 19.5. The van der Waals surface area contributed by atoms with E-state index < -0.39 is 0 Å². The zero-order valence-corrected chi connectivity index (χ0v) is 13.2. The van der Waals surface area contributed by atoms with E-state index in [4.69, 9.17) is 0 Å². The Hall–Kier alpha value is -1.84. The molecule has 0 spiro atoms. The van der Waals surface area contributed by atoms with Crippen molar-refractivity contribution in [2.45, 2.75) is 51.5 Å². The number of pyridine rings is 1. The van der Waals surface area contributed by atoms with Crippen LogP contribution in [0.5, 0.6) is 0 Å². The van der Waals surface area contributed by atoms with Gasteiger partial charge in [-0.1, -0.05) is 18.9 Å². The smallest absolute Gasteiger partial charge is 0.228 e. The highest BCUT2D eigenvalue weighted by Gasteiger charge is 2.37. The predicted molar refractivity (Wildman–Crippen MR) is 85.7 cm³/mol. The van der Waals surface area contributed by atoms with Crippen molar-refractivity contribution >= 4 is 11.6 Å². The van der Waals surface area contributed by atoms with Gasteiger partial charge >= 0.3 is 0 Å². The van der Waals surface area contributed by atoms with Crippen molar-refractivity contribution < 1.29 is 4.79 Å². The van der Waals surface area contributed by atoms with Gasteiger partial charge in [0.2, 0.25) is 5.91 Å². The summed E-state index contributed by atoms with van der Waals surface area (Å²) in [7, 11) is 0. The number of hydrogen-bond acceptors (Lipinski definition) is 2. The molecule has 4 heteroatoms. The highest BCUT2D eigenvalue weighted by atomic mass is 16.2. The predicted octanol–water partition coefficient (Wildman–Crippen LogP) is 2.98. The largest absolute Gasteiger partial charge is 0.339 e. The minimum atomic E-state index is 0.260. The van der Waals surface area contributed by atoms with Gasteiger partial charge in [-0.2, -0.15) is 0 Å². The number of hydrogen-bond donors (Lipinski definition) is 0. The van der Waals surface area contributed by atoms with Crippen LogP contribution >= 0.6 is 0 Å². The first-order valence-corrected chi connectivity index (χ1v) is 8.45. The van der Waals surface area contributed by atoms with Gasteiger partial charge in [0.15, 0.2) is 0 Å². The molecule has 2 aromatic rings. The molecule has 116 valence electrons. The van der Waals surface area contributed by atoms with Crippen LogP contribution in [0.3, 0.4) is 0 Å². The fourth-order valence-electron chi connectivity index (χ4n) is 4.26. The van der Waals surface area contributed by atoms with E-state index in [1.807, 2.05) is 22.9 Å². The molecule has 4 nitrogen and oxygen atoms in total. The number of carbonyl (C=O) groups excluding carboxylic acids is 1. The SMILES string of the molecule is Cc1cccn2cc(CC(=O)N3CC[C@@H]4CCCC[C@H]43)nc12. The number of imidazole rings is 1. The minimum Gasteiger partial charge on any atom is -0.339 e. The topological polar surface area (TPSA) is 37.6 Å². The van der Waals surface area contributed by atoms with Crippen LogP contribution < -0.4 is 0 Å². The molecule has 0 unspecified atom stereocenters. The zero-order valence-electron chi connectivity index (χ0n) is 13.2. The lowest BCUT2D eigenvalue weighted by Crippen LogP contribution is -2.40. The number of nitrogens with zero attached hydrogens (tertiary/aromatic N) is 3. The van der Waals surface area contributed by atoms with Gasteiger partial charge in [0.1, 0.15) is 5.65 Å². The standard InChI is InChI=1S/C18H23N3O/c1-13-5-4-9-20-12-15(19-18(13)20)11-17(22)21-10-8-14-6-2-3-7-16(14)21/h4-5,9,12,14,16H,2-3,6-8,10-11H2,1H3/t14-,16+/m0/s1. The van der Waals surface area contributed by atoms with E-state index in [1.165, 1.54) is 32.1 Å². The van der Waals surface area contributed by atoms with E-state index in [2.05, 4.69) is 22.9 Å². The fraction of sp³-hybridized carbons (Fsp3) is 0.556. The summed E-state index contributed by atoms with van der Waals surface area (Å²) in [5.41, 5.74) is 3.00. The van der Waals surface area contributed by atoms with Crippen LogP contribution in [0.4, 0.5) is 0 Å². The van der Waals surface area contributed by atoms with Gasteiger partial charge in [-0.25, -0.2) is 4.98 Å². The lowest BCUT2D eigenvalue weighted by molar-refractivity contribution is -0.132. The summed E-state index contributed by atoms with van der Waals surface area (Å²) >= 11 is 0. The molecule has 1 aliphatic carbocycles. The highest BCUT2D eigenvalue weighted by molar-refractivity contribution is 5.79. The molecule has 0 bridgehead atoms. The molecule has 1 saturated carbocycles. The summed E-state index contributed by atoms with van der Waals surface area (Å²) in [5, 5.41) is 0. The monoisotopic (exact) mass is 297 g/mol. The molecule has 2 aliphatic rings. The number of aromatic nitrogens is 2. The Kier molecular flexibility index (Phi) is 3.40. The number of likely N-dealkylation sites (tertiary alicyclic amines) is 1. The van der Waals surface area contributed by atoms with Crippen molar-refractivity contribution in [1.82, 2.24) is 14.3 Å². The van der Waals surface area contributed by atoms with Crippen LogP contribution in [0, 0.1) is 12.8 Å². The molecule has 2 fully saturated rings. The van der Waals surface area contributed by atoms with E-state index in [9.17, 15) is 4.79 Å². The second kappa shape index (κ2) is 5.41. The number of rotatable bonds is 2. The third-order valence-electron chi connectivity index (χ3n) is 5.39. The summed E-state index contributed by atoms with van der Waals surface area (Å²) in [6.07, 6.45) is 10.7. The van der Waals surface area contributed by atoms with Gasteiger partial charge < -0.3 is 9.30 Å². The van der Waals surface area contributed by atoms with E-state index >= 15 is 0 Å². The number of carbonyl (C=O) groups is 1. The van der Waals surface area contributed by atoms with Crippen molar-refractivity contribution in [3.8, 4) is 0 Å². The summed E-state index contributed by atoms with van der Waals surface area (Å²) in [5.74, 6) is 1.01. The molecule has 2 atom stereocenters. The quantitative estimate of drug-likeness (QED) is 0.854. The van der Waals surface area contributed by atoms with Crippen LogP contribution in [0.15, 0.2) is 24.5 Å². The molecule has 2 aromatic heterocycles. The number of fused-ring (bicyclic) bond motifs is 2. The molecule has 0 radical (unpaired) electrons. The average Bonchev–Trinajstić information content (AvgIpc) is 3.11. The zero-order chi connectivity index (χ0) is 15.1. The van der Waals surface area contributed by atoms with Crippen LogP contribution in [0.25, 0.3) is 5.65 Å². The summed E-state index contributed by atoms with van der Waals surface area (Å²) < 4.78 is 2.02. The van der Waals surface area contributed by atoms with Gasteiger partial charge in [0.25, 0.3) is 0 Å². The first-order valence-electron chi connectivity index (χ1n) is 8.45. The Morgan fingerprint density at radius 2 is 2.18 bits per heavy atom. The van der Waals surface area contributed by atoms with Gasteiger partial charge in [-0.05, 0) is 43.7 Å². The molecule has 3 heterocycles. The van der Waals surface area contributed by atoms with E-state index in [0.29, 0.717) is 12.5 Å². The van der Waals surface area contributed by atoms with Crippen LogP contribution in [0.2, 0.25) is 0 Å².